The van der Waals surface area contributed by atoms with Crippen LogP contribution in [-0.4, -0.2) is 31.3 Å². The number of fused-ring (bicyclic) bond motifs is 1. The Kier molecular flexibility index (Phi) is 5.63. The Morgan fingerprint density at radius 3 is 2.07 bits per heavy atom. The first-order valence-corrected chi connectivity index (χ1v) is 12.8. The van der Waals surface area contributed by atoms with Crippen LogP contribution in [0.2, 0.25) is 16.6 Å². The number of benzene rings is 1. The van der Waals surface area contributed by atoms with E-state index in [0.717, 1.165) is 5.39 Å². The van der Waals surface area contributed by atoms with Crippen LogP contribution in [0.3, 0.4) is 0 Å². The normalized spacial score (nSPS) is 20.3. The molecule has 0 amide bonds. The Balaban J connectivity index is 2.22. The molecular formula is C22H35BFNO2Si. The van der Waals surface area contributed by atoms with E-state index < -0.39 is 21.0 Å². The first-order valence-electron chi connectivity index (χ1n) is 10.6. The average Bonchev–Trinajstić information content (AvgIpc) is 3.09. The fourth-order valence-corrected chi connectivity index (χ4v) is 12.0. The Bertz CT molecular complexity index is 840. The molecule has 0 N–H and O–H groups in total. The van der Waals surface area contributed by atoms with Gasteiger partial charge in [-0.1, -0.05) is 53.7 Å². The Labute approximate surface area is 170 Å². The van der Waals surface area contributed by atoms with Crippen molar-refractivity contribution in [1.82, 2.24) is 4.23 Å². The van der Waals surface area contributed by atoms with Gasteiger partial charge in [-0.25, -0.2) is 4.39 Å². The van der Waals surface area contributed by atoms with Crippen LogP contribution in [0.4, 0.5) is 4.39 Å². The minimum absolute atomic E-state index is 0.0881. The summed E-state index contributed by atoms with van der Waals surface area (Å²) < 4.78 is 30.3. The van der Waals surface area contributed by atoms with Crippen molar-refractivity contribution in [1.29, 1.82) is 0 Å². The van der Waals surface area contributed by atoms with Gasteiger partial charge < -0.3 is 13.5 Å². The highest BCUT2D eigenvalue weighted by Crippen LogP contribution is 2.44. The minimum Gasteiger partial charge on any atom is -0.402 e. The number of rotatable bonds is 5. The third kappa shape index (κ3) is 3.08. The van der Waals surface area contributed by atoms with Gasteiger partial charge in [0.25, 0.3) is 0 Å². The van der Waals surface area contributed by atoms with E-state index in [4.69, 9.17) is 9.31 Å². The molecule has 2 aromatic rings. The molecule has 1 aliphatic rings. The van der Waals surface area contributed by atoms with E-state index >= 15 is 4.39 Å². The van der Waals surface area contributed by atoms with E-state index in [-0.39, 0.29) is 11.9 Å². The molecule has 1 saturated heterocycles. The summed E-state index contributed by atoms with van der Waals surface area (Å²) in [5.74, 6) is -0.198. The third-order valence-corrected chi connectivity index (χ3v) is 13.7. The maximum atomic E-state index is 16.0. The van der Waals surface area contributed by atoms with Crippen molar-refractivity contribution in [2.24, 2.45) is 0 Å². The molecule has 0 radical (unpaired) electrons. The lowest BCUT2D eigenvalue weighted by Gasteiger charge is -2.44. The van der Waals surface area contributed by atoms with Gasteiger partial charge in [-0.2, -0.15) is 0 Å². The predicted octanol–water partition coefficient (Wildman–Crippen LogP) is 5.71. The zero-order valence-electron chi connectivity index (χ0n) is 18.8. The molecule has 28 heavy (non-hydrogen) atoms. The molecule has 154 valence electrons. The molecule has 3 rings (SSSR count). The Hall–Kier alpha value is -1.11. The second kappa shape index (κ2) is 7.30. The lowest BCUT2D eigenvalue weighted by molar-refractivity contribution is 0.0842. The van der Waals surface area contributed by atoms with Crippen molar-refractivity contribution in [2.75, 3.05) is 0 Å². The molecule has 0 saturated carbocycles. The number of hydrogen-bond acceptors (Lipinski definition) is 2. The summed E-state index contributed by atoms with van der Waals surface area (Å²) in [6.07, 6.45) is 2.03. The molecule has 3 nitrogen and oxygen atoms in total. The quantitative estimate of drug-likeness (QED) is 0.597. The fourth-order valence-electron chi connectivity index (χ4n) is 5.43. The van der Waals surface area contributed by atoms with Gasteiger partial charge >= 0.3 is 7.12 Å². The minimum atomic E-state index is -2.06. The highest BCUT2D eigenvalue weighted by Gasteiger charge is 2.48. The number of aromatic nitrogens is 1. The summed E-state index contributed by atoms with van der Waals surface area (Å²) in [5, 5.41) is 0.949. The first-order chi connectivity index (χ1) is 12.9. The van der Waals surface area contributed by atoms with E-state index in [9.17, 15) is 0 Å². The highest BCUT2D eigenvalue weighted by atomic mass is 28.3. The van der Waals surface area contributed by atoms with Crippen molar-refractivity contribution in [3.63, 3.8) is 0 Å². The zero-order chi connectivity index (χ0) is 21.0. The zero-order valence-corrected chi connectivity index (χ0v) is 19.8. The van der Waals surface area contributed by atoms with Crippen LogP contribution in [-0.2, 0) is 9.31 Å². The molecule has 0 bridgehead atoms. The van der Waals surface area contributed by atoms with Crippen molar-refractivity contribution in [2.45, 2.75) is 90.6 Å². The molecule has 1 aromatic carbocycles. The predicted molar refractivity (Wildman–Crippen MR) is 119 cm³/mol. The smallest absolute Gasteiger partial charge is 0.402 e. The maximum absolute atomic E-state index is 16.0. The number of hydrogen-bond donors (Lipinski definition) is 0. The summed E-state index contributed by atoms with van der Waals surface area (Å²) in [6.45, 7) is 19.8. The molecule has 0 aliphatic carbocycles. The standard InChI is InChI=1S/C22H35BFNO2Si/c1-14(2)28(15(3)4,16(5)6)25-13-12-18-10-11-19(20(24)21(18)25)23-26-17(7)22(8,9)27-23/h10-17H,1-9H3. The van der Waals surface area contributed by atoms with E-state index in [1.54, 1.807) is 0 Å². The molecule has 2 heterocycles. The van der Waals surface area contributed by atoms with E-state index in [1.807, 2.05) is 32.9 Å². The molecule has 1 fully saturated rings. The van der Waals surface area contributed by atoms with Crippen molar-refractivity contribution >= 4 is 31.7 Å². The maximum Gasteiger partial charge on any atom is 0.497 e. The summed E-state index contributed by atoms with van der Waals surface area (Å²) in [5.41, 5.74) is 2.26. The van der Waals surface area contributed by atoms with Gasteiger partial charge in [0, 0.05) is 10.8 Å². The summed E-state index contributed by atoms with van der Waals surface area (Å²) >= 11 is 0. The topological polar surface area (TPSA) is 23.4 Å². The third-order valence-electron chi connectivity index (χ3n) is 6.98. The van der Waals surface area contributed by atoms with Gasteiger partial charge in [-0.3, -0.25) is 0 Å². The van der Waals surface area contributed by atoms with Crippen molar-refractivity contribution in [3.05, 3.63) is 30.2 Å². The Morgan fingerprint density at radius 1 is 1.04 bits per heavy atom. The van der Waals surface area contributed by atoms with Crippen molar-refractivity contribution in [3.8, 4) is 0 Å². The van der Waals surface area contributed by atoms with E-state index in [0.29, 0.717) is 27.6 Å². The SMILES string of the molecule is CC1OB(c2ccc3ccn([Si](C(C)C)(C(C)C)C(C)C)c3c2F)OC1(C)C. The first kappa shape index (κ1) is 21.6. The highest BCUT2D eigenvalue weighted by molar-refractivity contribution is 6.82. The average molecular weight is 403 g/mol. The van der Waals surface area contributed by atoms with Crippen LogP contribution >= 0.6 is 0 Å². The number of nitrogens with zero attached hydrogens (tertiary/aromatic N) is 1. The summed E-state index contributed by atoms with van der Waals surface area (Å²) in [7, 11) is -2.72. The lowest BCUT2D eigenvalue weighted by atomic mass is 9.78. The molecule has 0 spiro atoms. The van der Waals surface area contributed by atoms with Gasteiger partial charge in [0.15, 0.2) is 8.24 Å². The number of halogens is 1. The van der Waals surface area contributed by atoms with Gasteiger partial charge in [0.1, 0.15) is 5.82 Å². The molecule has 1 unspecified atom stereocenters. The van der Waals surface area contributed by atoms with Gasteiger partial charge in [0.2, 0.25) is 0 Å². The van der Waals surface area contributed by atoms with Crippen LogP contribution < -0.4 is 5.46 Å². The van der Waals surface area contributed by atoms with E-state index in [2.05, 4.69) is 58.0 Å². The van der Waals surface area contributed by atoms with Gasteiger partial charge in [-0.15, -0.1) is 0 Å². The summed E-state index contributed by atoms with van der Waals surface area (Å²) in [6, 6.07) is 5.89. The molecular weight excluding hydrogens is 368 g/mol. The van der Waals surface area contributed by atoms with Crippen molar-refractivity contribution < 1.29 is 13.7 Å². The lowest BCUT2D eigenvalue weighted by Crippen LogP contribution is -2.52. The second-order valence-electron chi connectivity index (χ2n) is 9.78. The van der Waals surface area contributed by atoms with Crippen LogP contribution in [0.1, 0.15) is 62.3 Å². The van der Waals surface area contributed by atoms with Crippen LogP contribution in [0.25, 0.3) is 10.9 Å². The second-order valence-corrected chi connectivity index (χ2v) is 15.5. The van der Waals surface area contributed by atoms with E-state index in [1.165, 1.54) is 0 Å². The Morgan fingerprint density at radius 2 is 1.61 bits per heavy atom. The van der Waals surface area contributed by atoms with Crippen LogP contribution in [0.15, 0.2) is 24.4 Å². The van der Waals surface area contributed by atoms with Gasteiger partial charge in [0.05, 0.1) is 17.2 Å². The largest absolute Gasteiger partial charge is 0.497 e. The van der Waals surface area contributed by atoms with Gasteiger partial charge in [-0.05, 0) is 49.7 Å². The van der Waals surface area contributed by atoms with Crippen LogP contribution in [0, 0.1) is 5.82 Å². The fraction of sp³-hybridized carbons (Fsp3) is 0.636. The molecule has 1 aromatic heterocycles. The molecule has 1 aliphatic heterocycles. The molecule has 6 heteroatoms. The summed E-state index contributed by atoms with van der Waals surface area (Å²) in [4.78, 5) is 0. The monoisotopic (exact) mass is 403 g/mol. The molecule has 1 atom stereocenters. The van der Waals surface area contributed by atoms with Crippen LogP contribution in [0.5, 0.6) is 0 Å².